The number of nitrogens with one attached hydrogen (secondary N) is 2. The second kappa shape index (κ2) is 10.4. The maximum Gasteiger partial charge on any atom is 0.257 e. The molecule has 1 aliphatic rings. The molecule has 2 N–H and O–H groups in total. The summed E-state index contributed by atoms with van der Waals surface area (Å²) in [6, 6.07) is 14.9. The number of nitrogens with zero attached hydrogens (tertiary/aromatic N) is 1. The summed E-state index contributed by atoms with van der Waals surface area (Å²) in [5.41, 5.74) is 2.39. The van der Waals surface area contributed by atoms with Crippen molar-refractivity contribution in [2.75, 3.05) is 44.7 Å². The first-order valence-electron chi connectivity index (χ1n) is 9.38. The average molecular weight is 388 g/mol. The predicted molar refractivity (Wildman–Crippen MR) is 109 cm³/mol. The van der Waals surface area contributed by atoms with Gasteiger partial charge in [0.2, 0.25) is 0 Å². The number of hydrogen-bond donors (Lipinski definition) is 2. The summed E-state index contributed by atoms with van der Waals surface area (Å²) < 4.78 is 5.36. The van der Waals surface area contributed by atoms with E-state index in [-0.39, 0.29) is 5.91 Å². The van der Waals surface area contributed by atoms with Crippen LogP contribution in [0, 0.1) is 0 Å². The Hall–Kier alpha value is -1.92. The summed E-state index contributed by atoms with van der Waals surface area (Å²) in [6.45, 7) is 6.61. The van der Waals surface area contributed by atoms with Gasteiger partial charge >= 0.3 is 0 Å². The van der Waals surface area contributed by atoms with Crippen molar-refractivity contribution >= 4 is 23.2 Å². The maximum absolute atomic E-state index is 12.4. The number of hydrogen-bond acceptors (Lipinski definition) is 4. The second-order valence-corrected chi connectivity index (χ2v) is 7.03. The van der Waals surface area contributed by atoms with Crippen LogP contribution >= 0.6 is 11.6 Å². The molecule has 0 spiro atoms. The molecule has 0 aromatic heterocycles. The molecule has 1 fully saturated rings. The van der Waals surface area contributed by atoms with Crippen LogP contribution in [0.3, 0.4) is 0 Å². The van der Waals surface area contributed by atoms with Crippen molar-refractivity contribution in [3.63, 3.8) is 0 Å². The van der Waals surface area contributed by atoms with E-state index in [1.165, 1.54) is 0 Å². The van der Waals surface area contributed by atoms with Crippen LogP contribution in [0.2, 0.25) is 5.02 Å². The molecule has 144 valence electrons. The summed E-state index contributed by atoms with van der Waals surface area (Å²) in [5.74, 6) is -0.198. The molecule has 0 saturated carbocycles. The molecule has 1 heterocycles. The Bertz CT molecular complexity index is 748. The van der Waals surface area contributed by atoms with Gasteiger partial charge in [-0.3, -0.25) is 9.69 Å². The van der Waals surface area contributed by atoms with Gasteiger partial charge in [0.05, 0.1) is 23.8 Å². The fourth-order valence-electron chi connectivity index (χ4n) is 3.09. The van der Waals surface area contributed by atoms with Crippen LogP contribution in [-0.4, -0.2) is 50.2 Å². The molecule has 1 amide bonds. The summed E-state index contributed by atoms with van der Waals surface area (Å²) in [7, 11) is 0. The molecular weight excluding hydrogens is 362 g/mol. The quantitative estimate of drug-likeness (QED) is 0.681. The van der Waals surface area contributed by atoms with Crippen molar-refractivity contribution in [1.29, 1.82) is 0 Å². The highest BCUT2D eigenvalue weighted by Gasteiger charge is 2.10. The molecule has 27 heavy (non-hydrogen) atoms. The second-order valence-electron chi connectivity index (χ2n) is 6.62. The molecule has 0 radical (unpaired) electrons. The van der Waals surface area contributed by atoms with Gasteiger partial charge < -0.3 is 15.4 Å². The first-order chi connectivity index (χ1) is 13.2. The molecule has 1 saturated heterocycles. The van der Waals surface area contributed by atoms with E-state index in [1.54, 1.807) is 18.2 Å². The molecule has 0 atom stereocenters. The van der Waals surface area contributed by atoms with E-state index in [4.69, 9.17) is 16.3 Å². The Morgan fingerprint density at radius 3 is 2.74 bits per heavy atom. The molecule has 6 heteroatoms. The Balaban J connectivity index is 1.43. The highest BCUT2D eigenvalue weighted by molar-refractivity contribution is 6.34. The molecule has 2 aromatic rings. The number of rotatable bonds is 8. The predicted octanol–water partition coefficient (Wildman–Crippen LogP) is 3.40. The maximum atomic E-state index is 12.4. The molecule has 0 unspecified atom stereocenters. The monoisotopic (exact) mass is 387 g/mol. The zero-order valence-corrected chi connectivity index (χ0v) is 16.2. The highest BCUT2D eigenvalue weighted by atomic mass is 35.5. The number of anilines is 1. The third kappa shape index (κ3) is 6.33. The minimum atomic E-state index is -0.198. The fourth-order valence-corrected chi connectivity index (χ4v) is 3.31. The Labute approximate surface area is 165 Å². The van der Waals surface area contributed by atoms with Gasteiger partial charge in [-0.2, -0.15) is 0 Å². The standard InChI is InChI=1S/C21H26ClN3O2/c22-20-8-2-1-7-19(20)21(26)24-18-6-3-5-17(15-18)16-23-9-4-10-25-11-13-27-14-12-25/h1-3,5-8,15,23H,4,9-14,16H2,(H,24,26). The molecule has 0 bridgehead atoms. The van der Waals surface area contributed by atoms with E-state index in [0.717, 1.165) is 63.6 Å². The van der Waals surface area contributed by atoms with Gasteiger partial charge in [0, 0.05) is 25.3 Å². The zero-order chi connectivity index (χ0) is 18.9. The Kier molecular flexibility index (Phi) is 7.66. The van der Waals surface area contributed by atoms with Crippen molar-refractivity contribution in [1.82, 2.24) is 10.2 Å². The SMILES string of the molecule is O=C(Nc1cccc(CNCCCN2CCOCC2)c1)c1ccccc1Cl. The summed E-state index contributed by atoms with van der Waals surface area (Å²) in [6.07, 6.45) is 1.11. The lowest BCUT2D eigenvalue weighted by molar-refractivity contribution is 0.0374. The van der Waals surface area contributed by atoms with Crippen LogP contribution in [0.5, 0.6) is 0 Å². The van der Waals surface area contributed by atoms with Gasteiger partial charge in [0.25, 0.3) is 5.91 Å². The van der Waals surface area contributed by atoms with Gasteiger partial charge in [-0.1, -0.05) is 35.9 Å². The number of morpholine rings is 1. The van der Waals surface area contributed by atoms with Crippen molar-refractivity contribution in [2.45, 2.75) is 13.0 Å². The lowest BCUT2D eigenvalue weighted by Gasteiger charge is -2.26. The number of ether oxygens (including phenoxy) is 1. The van der Waals surface area contributed by atoms with Gasteiger partial charge in [0.1, 0.15) is 0 Å². The van der Waals surface area contributed by atoms with Crippen molar-refractivity contribution in [2.24, 2.45) is 0 Å². The molecule has 5 nitrogen and oxygen atoms in total. The third-order valence-corrected chi connectivity index (χ3v) is 4.89. The van der Waals surface area contributed by atoms with E-state index in [2.05, 4.69) is 21.6 Å². The first kappa shape index (κ1) is 19.8. The van der Waals surface area contributed by atoms with E-state index in [9.17, 15) is 4.79 Å². The molecule has 1 aliphatic heterocycles. The normalized spacial score (nSPS) is 14.9. The third-order valence-electron chi connectivity index (χ3n) is 4.56. The van der Waals surface area contributed by atoms with E-state index >= 15 is 0 Å². The number of carbonyl (C=O) groups is 1. The van der Waals surface area contributed by atoms with Crippen molar-refractivity contribution in [3.05, 3.63) is 64.7 Å². The van der Waals surface area contributed by atoms with Gasteiger partial charge in [-0.25, -0.2) is 0 Å². The van der Waals surface area contributed by atoms with Crippen LogP contribution in [0.15, 0.2) is 48.5 Å². The molecule has 2 aromatic carbocycles. The lowest BCUT2D eigenvalue weighted by atomic mass is 10.1. The Morgan fingerprint density at radius 1 is 1.11 bits per heavy atom. The molecule has 0 aliphatic carbocycles. The van der Waals surface area contributed by atoms with Crippen LogP contribution < -0.4 is 10.6 Å². The van der Waals surface area contributed by atoms with E-state index in [1.807, 2.05) is 24.3 Å². The highest BCUT2D eigenvalue weighted by Crippen LogP contribution is 2.18. The minimum Gasteiger partial charge on any atom is -0.379 e. The summed E-state index contributed by atoms with van der Waals surface area (Å²) in [4.78, 5) is 14.8. The summed E-state index contributed by atoms with van der Waals surface area (Å²) >= 11 is 6.09. The van der Waals surface area contributed by atoms with Crippen molar-refractivity contribution < 1.29 is 9.53 Å². The average Bonchev–Trinajstić information content (AvgIpc) is 2.69. The van der Waals surface area contributed by atoms with Crippen molar-refractivity contribution in [3.8, 4) is 0 Å². The van der Waals surface area contributed by atoms with Gasteiger partial charge in [-0.05, 0) is 49.3 Å². The lowest BCUT2D eigenvalue weighted by Crippen LogP contribution is -2.37. The number of amides is 1. The van der Waals surface area contributed by atoms with E-state index in [0.29, 0.717) is 10.6 Å². The Morgan fingerprint density at radius 2 is 1.93 bits per heavy atom. The van der Waals surface area contributed by atoms with Crippen LogP contribution in [-0.2, 0) is 11.3 Å². The molecular formula is C21H26ClN3O2. The smallest absolute Gasteiger partial charge is 0.257 e. The van der Waals surface area contributed by atoms with Crippen LogP contribution in [0.25, 0.3) is 0 Å². The summed E-state index contributed by atoms with van der Waals surface area (Å²) in [5, 5.41) is 6.84. The largest absolute Gasteiger partial charge is 0.379 e. The zero-order valence-electron chi connectivity index (χ0n) is 15.4. The first-order valence-corrected chi connectivity index (χ1v) is 9.76. The fraction of sp³-hybridized carbons (Fsp3) is 0.381. The van der Waals surface area contributed by atoms with Gasteiger partial charge in [-0.15, -0.1) is 0 Å². The van der Waals surface area contributed by atoms with Crippen LogP contribution in [0.4, 0.5) is 5.69 Å². The number of benzene rings is 2. The van der Waals surface area contributed by atoms with E-state index < -0.39 is 0 Å². The number of halogens is 1. The topological polar surface area (TPSA) is 53.6 Å². The molecule has 3 rings (SSSR count). The van der Waals surface area contributed by atoms with Crippen LogP contribution in [0.1, 0.15) is 22.3 Å². The van der Waals surface area contributed by atoms with Gasteiger partial charge in [0.15, 0.2) is 0 Å². The minimum absolute atomic E-state index is 0.198. The number of carbonyl (C=O) groups excluding carboxylic acids is 1.